The first-order chi connectivity index (χ1) is 13.4. The van der Waals surface area contributed by atoms with E-state index in [0.29, 0.717) is 0 Å². The highest BCUT2D eigenvalue weighted by atomic mass is 14.7. The minimum absolute atomic E-state index is 0.950. The number of fused-ring (bicyclic) bond motifs is 6. The minimum atomic E-state index is 0.950. The van der Waals surface area contributed by atoms with Gasteiger partial charge in [0.2, 0.25) is 0 Å². The Labute approximate surface area is 157 Å². The predicted molar refractivity (Wildman–Crippen MR) is 113 cm³/mol. The number of pyridine rings is 1. The van der Waals surface area contributed by atoms with Crippen LogP contribution >= 0.6 is 0 Å². The van der Waals surface area contributed by atoms with Gasteiger partial charge in [-0.05, 0) is 27.6 Å². The van der Waals surface area contributed by atoms with Gasteiger partial charge in [-0.15, -0.1) is 0 Å². The molecular formula is C26H17N. The van der Waals surface area contributed by atoms with Crippen molar-refractivity contribution in [1.29, 1.82) is 0 Å². The molecule has 0 saturated heterocycles. The summed E-state index contributed by atoms with van der Waals surface area (Å²) in [5.74, 6) is 0. The molecule has 1 heterocycles. The van der Waals surface area contributed by atoms with E-state index in [4.69, 9.17) is 4.98 Å². The van der Waals surface area contributed by atoms with E-state index < -0.39 is 0 Å². The lowest BCUT2D eigenvalue weighted by atomic mass is 9.92. The fourth-order valence-electron chi connectivity index (χ4n) is 4.46. The second kappa shape index (κ2) is 5.52. The molecule has 0 amide bonds. The monoisotopic (exact) mass is 343 g/mol. The third-order valence-electron chi connectivity index (χ3n) is 5.68. The van der Waals surface area contributed by atoms with Crippen LogP contribution in [0.3, 0.4) is 0 Å². The number of aromatic nitrogens is 1. The molecule has 0 fully saturated rings. The summed E-state index contributed by atoms with van der Waals surface area (Å²) in [6.45, 7) is 0. The fraction of sp³-hybridized carbons (Fsp3) is 0.0385. The topological polar surface area (TPSA) is 12.9 Å². The fourth-order valence-corrected chi connectivity index (χ4v) is 4.46. The molecule has 1 heteroatoms. The smallest absolute Gasteiger partial charge is 0.0794 e. The minimum Gasteiger partial charge on any atom is -0.247 e. The van der Waals surface area contributed by atoms with Crippen molar-refractivity contribution < 1.29 is 0 Å². The second-order valence-corrected chi connectivity index (χ2v) is 7.20. The van der Waals surface area contributed by atoms with Crippen LogP contribution in [-0.2, 0) is 6.42 Å². The molecule has 0 radical (unpaired) electrons. The molecule has 0 bridgehead atoms. The summed E-state index contributed by atoms with van der Waals surface area (Å²) in [7, 11) is 0. The zero-order valence-electron chi connectivity index (χ0n) is 14.8. The molecule has 126 valence electrons. The van der Waals surface area contributed by atoms with Gasteiger partial charge >= 0.3 is 0 Å². The molecule has 1 nitrogen and oxygen atoms in total. The zero-order chi connectivity index (χ0) is 17.8. The number of hydrogen-bond acceptors (Lipinski definition) is 1. The number of hydrogen-bond donors (Lipinski definition) is 0. The number of benzene rings is 4. The van der Waals surface area contributed by atoms with E-state index in [9.17, 15) is 0 Å². The molecule has 0 saturated carbocycles. The summed E-state index contributed by atoms with van der Waals surface area (Å²) in [5.41, 5.74) is 8.85. The highest BCUT2D eigenvalue weighted by molar-refractivity contribution is 6.12. The number of nitrogens with zero attached hydrogens (tertiary/aromatic N) is 1. The third kappa shape index (κ3) is 2.09. The first kappa shape index (κ1) is 14.7. The van der Waals surface area contributed by atoms with Crippen LogP contribution in [0.4, 0.5) is 0 Å². The van der Waals surface area contributed by atoms with Crippen molar-refractivity contribution in [3.8, 4) is 22.4 Å². The Bertz CT molecular complexity index is 1330. The zero-order valence-corrected chi connectivity index (χ0v) is 14.8. The van der Waals surface area contributed by atoms with Gasteiger partial charge in [-0.3, -0.25) is 0 Å². The van der Waals surface area contributed by atoms with Crippen molar-refractivity contribution in [3.05, 3.63) is 102 Å². The molecule has 5 aromatic rings. The van der Waals surface area contributed by atoms with Crippen molar-refractivity contribution in [2.75, 3.05) is 0 Å². The van der Waals surface area contributed by atoms with Gasteiger partial charge in [0.1, 0.15) is 0 Å². The van der Waals surface area contributed by atoms with Gasteiger partial charge < -0.3 is 0 Å². The van der Waals surface area contributed by atoms with Crippen molar-refractivity contribution in [2.24, 2.45) is 0 Å². The molecule has 27 heavy (non-hydrogen) atoms. The van der Waals surface area contributed by atoms with Gasteiger partial charge in [0, 0.05) is 22.8 Å². The summed E-state index contributed by atoms with van der Waals surface area (Å²) in [6, 6.07) is 32.5. The van der Waals surface area contributed by atoms with E-state index in [-0.39, 0.29) is 0 Å². The summed E-state index contributed by atoms with van der Waals surface area (Å²) in [4.78, 5) is 5.21. The van der Waals surface area contributed by atoms with Crippen LogP contribution in [0.25, 0.3) is 44.1 Å². The van der Waals surface area contributed by atoms with Crippen LogP contribution in [0.15, 0.2) is 91.0 Å². The average Bonchev–Trinajstić information content (AvgIpc) is 3.11. The molecule has 0 spiro atoms. The largest absolute Gasteiger partial charge is 0.247 e. The Kier molecular flexibility index (Phi) is 3.00. The Hall–Kier alpha value is -3.45. The van der Waals surface area contributed by atoms with Crippen LogP contribution in [0.2, 0.25) is 0 Å². The maximum Gasteiger partial charge on any atom is 0.0794 e. The quantitative estimate of drug-likeness (QED) is 0.305. The standard InChI is InChI=1S/C26H17N/c1-2-9-18(10-3-1)24-22-15-14-17-8-4-6-12-20(17)25(22)27-26-21-13-7-5-11-19(21)16-23(24)26/h1-15H,16H2. The normalized spacial score (nSPS) is 12.3. The van der Waals surface area contributed by atoms with Crippen LogP contribution in [-0.4, -0.2) is 4.98 Å². The summed E-state index contributed by atoms with van der Waals surface area (Å²) in [6.07, 6.45) is 0.950. The van der Waals surface area contributed by atoms with E-state index in [0.717, 1.165) is 17.6 Å². The first-order valence-corrected chi connectivity index (χ1v) is 9.38. The highest BCUT2D eigenvalue weighted by Gasteiger charge is 2.25. The Morgan fingerprint density at radius 1 is 0.630 bits per heavy atom. The van der Waals surface area contributed by atoms with Gasteiger partial charge in [0.25, 0.3) is 0 Å². The molecular weight excluding hydrogens is 326 g/mol. The van der Waals surface area contributed by atoms with Crippen LogP contribution in [0, 0.1) is 0 Å². The first-order valence-electron chi connectivity index (χ1n) is 9.38. The van der Waals surface area contributed by atoms with Gasteiger partial charge in [-0.2, -0.15) is 0 Å². The van der Waals surface area contributed by atoms with Gasteiger partial charge in [0.15, 0.2) is 0 Å². The highest BCUT2D eigenvalue weighted by Crippen LogP contribution is 2.44. The van der Waals surface area contributed by atoms with E-state index in [1.165, 1.54) is 44.0 Å². The Balaban J connectivity index is 1.82. The molecule has 1 aliphatic carbocycles. The van der Waals surface area contributed by atoms with Crippen LogP contribution in [0.1, 0.15) is 11.1 Å². The van der Waals surface area contributed by atoms with Gasteiger partial charge in [-0.1, -0.05) is 91.0 Å². The third-order valence-corrected chi connectivity index (χ3v) is 5.68. The molecule has 0 N–H and O–H groups in total. The maximum atomic E-state index is 5.21. The van der Waals surface area contributed by atoms with Crippen LogP contribution in [0.5, 0.6) is 0 Å². The van der Waals surface area contributed by atoms with E-state index >= 15 is 0 Å². The van der Waals surface area contributed by atoms with Crippen molar-refractivity contribution >= 4 is 21.7 Å². The summed E-state index contributed by atoms with van der Waals surface area (Å²) in [5, 5.41) is 3.70. The Morgan fingerprint density at radius 2 is 1.41 bits per heavy atom. The lowest BCUT2D eigenvalue weighted by Crippen LogP contribution is -1.95. The van der Waals surface area contributed by atoms with Gasteiger partial charge in [0.05, 0.1) is 11.2 Å². The predicted octanol–water partition coefficient (Wildman–Crippen LogP) is 6.63. The van der Waals surface area contributed by atoms with E-state index in [1.54, 1.807) is 0 Å². The van der Waals surface area contributed by atoms with Crippen molar-refractivity contribution in [1.82, 2.24) is 4.98 Å². The molecule has 0 atom stereocenters. The van der Waals surface area contributed by atoms with Gasteiger partial charge in [-0.25, -0.2) is 4.98 Å². The molecule has 6 rings (SSSR count). The molecule has 1 aliphatic rings. The second-order valence-electron chi connectivity index (χ2n) is 7.20. The Morgan fingerprint density at radius 3 is 2.33 bits per heavy atom. The van der Waals surface area contributed by atoms with E-state index in [2.05, 4.69) is 91.0 Å². The molecule has 1 aromatic heterocycles. The average molecular weight is 343 g/mol. The lowest BCUT2D eigenvalue weighted by Gasteiger charge is -2.14. The summed E-state index contributed by atoms with van der Waals surface area (Å²) < 4.78 is 0. The SMILES string of the molecule is c1ccc(-c2c3c(nc4c2ccc2ccccc24)-c2ccccc2C3)cc1. The molecule has 0 unspecified atom stereocenters. The van der Waals surface area contributed by atoms with E-state index in [1.807, 2.05) is 0 Å². The molecule has 0 aliphatic heterocycles. The maximum absolute atomic E-state index is 5.21. The molecule has 4 aromatic carbocycles. The lowest BCUT2D eigenvalue weighted by molar-refractivity contribution is 1.25. The van der Waals surface area contributed by atoms with Crippen molar-refractivity contribution in [2.45, 2.75) is 6.42 Å². The van der Waals surface area contributed by atoms with Crippen LogP contribution < -0.4 is 0 Å². The summed E-state index contributed by atoms with van der Waals surface area (Å²) >= 11 is 0. The number of rotatable bonds is 1. The van der Waals surface area contributed by atoms with Crippen molar-refractivity contribution in [3.63, 3.8) is 0 Å².